The highest BCUT2D eigenvalue weighted by atomic mass is 32.2. The van der Waals surface area contributed by atoms with Crippen LogP contribution in [0.4, 0.5) is 0 Å². The van der Waals surface area contributed by atoms with Crippen molar-refractivity contribution in [2.75, 3.05) is 26.2 Å². The summed E-state index contributed by atoms with van der Waals surface area (Å²) in [5.74, 6) is -2.91. The molecule has 1 heterocycles. The number of hydrogen-bond acceptors (Lipinski definition) is 5. The van der Waals surface area contributed by atoms with Crippen LogP contribution < -0.4 is 5.11 Å². The van der Waals surface area contributed by atoms with Gasteiger partial charge in [0.05, 0.1) is 4.90 Å². The van der Waals surface area contributed by atoms with Crippen molar-refractivity contribution in [2.24, 2.45) is 11.8 Å². The Hall–Kier alpha value is -2.19. The van der Waals surface area contributed by atoms with E-state index >= 15 is 0 Å². The number of carboxylic acids is 1. The molecule has 1 saturated heterocycles. The Morgan fingerprint density at radius 3 is 2.21 bits per heavy atom. The molecule has 28 heavy (non-hydrogen) atoms. The number of piperazine rings is 1. The third-order valence-corrected chi connectivity index (χ3v) is 7.60. The number of sulfonamides is 1. The van der Waals surface area contributed by atoms with Crippen molar-refractivity contribution in [1.82, 2.24) is 9.21 Å². The molecule has 1 aliphatic heterocycles. The van der Waals surface area contributed by atoms with E-state index in [1.54, 1.807) is 30.0 Å². The molecule has 0 bridgehead atoms. The summed E-state index contributed by atoms with van der Waals surface area (Å²) in [4.78, 5) is 26.0. The zero-order valence-corrected chi connectivity index (χ0v) is 16.9. The molecule has 0 aromatic heterocycles. The molecule has 1 fully saturated rings. The quantitative estimate of drug-likeness (QED) is 0.678. The number of carboxylic acid groups (broad SMARTS) is 1. The van der Waals surface area contributed by atoms with Crippen LogP contribution >= 0.6 is 0 Å². The molecule has 0 radical (unpaired) electrons. The molecule has 7 nitrogen and oxygen atoms in total. The molecule has 2 atom stereocenters. The summed E-state index contributed by atoms with van der Waals surface area (Å²) < 4.78 is 27.4. The number of amides is 1. The van der Waals surface area contributed by atoms with E-state index < -0.39 is 27.8 Å². The summed E-state index contributed by atoms with van der Waals surface area (Å²) in [6.45, 7) is 4.51. The van der Waals surface area contributed by atoms with Crippen LogP contribution in [0.25, 0.3) is 0 Å². The maximum atomic E-state index is 13.0. The number of benzene rings is 1. The zero-order valence-electron chi connectivity index (χ0n) is 16.1. The van der Waals surface area contributed by atoms with E-state index in [-0.39, 0.29) is 32.1 Å². The molecular formula is C20H25N2O5S-. The molecule has 0 N–H and O–H groups in total. The number of carbonyl (C=O) groups is 2. The summed E-state index contributed by atoms with van der Waals surface area (Å²) in [5.41, 5.74) is 1.56. The Bertz CT molecular complexity index is 901. The molecule has 0 spiro atoms. The van der Waals surface area contributed by atoms with Crippen molar-refractivity contribution in [3.05, 3.63) is 41.5 Å². The van der Waals surface area contributed by atoms with Crippen LogP contribution in [0.2, 0.25) is 0 Å². The summed E-state index contributed by atoms with van der Waals surface area (Å²) in [6, 6.07) is 5.33. The third-order valence-electron chi connectivity index (χ3n) is 5.56. The van der Waals surface area contributed by atoms with E-state index in [2.05, 4.69) is 0 Å². The standard InChI is InChI=1S/C20H26N2O5S/c1-14-7-8-15(2)18(13-14)28(26,27)22-11-9-21(10-12-22)19(23)16-5-3-4-6-17(16)20(24)25/h3-4,7-8,13,16-17H,5-6,9-12H2,1-2H3,(H,24,25)/p-1/t16-,17-/m0/s1. The molecule has 0 saturated carbocycles. The van der Waals surface area contributed by atoms with Crippen molar-refractivity contribution in [3.8, 4) is 0 Å². The smallest absolute Gasteiger partial charge is 0.243 e. The molecule has 1 aromatic rings. The van der Waals surface area contributed by atoms with Gasteiger partial charge >= 0.3 is 0 Å². The second kappa shape index (κ2) is 8.05. The third kappa shape index (κ3) is 3.98. The normalized spacial score (nSPS) is 23.6. The Kier molecular flexibility index (Phi) is 5.90. The highest BCUT2D eigenvalue weighted by molar-refractivity contribution is 7.89. The van der Waals surface area contributed by atoms with Crippen LogP contribution in [0.1, 0.15) is 24.0 Å². The van der Waals surface area contributed by atoms with Crippen molar-refractivity contribution < 1.29 is 23.1 Å². The summed E-state index contributed by atoms with van der Waals surface area (Å²) in [5, 5.41) is 11.3. The lowest BCUT2D eigenvalue weighted by Gasteiger charge is -2.38. The average Bonchev–Trinajstić information content (AvgIpc) is 2.69. The van der Waals surface area contributed by atoms with Crippen LogP contribution in [0.5, 0.6) is 0 Å². The van der Waals surface area contributed by atoms with Crippen LogP contribution in [0.3, 0.4) is 0 Å². The van der Waals surface area contributed by atoms with Gasteiger partial charge in [-0.15, -0.1) is 0 Å². The van der Waals surface area contributed by atoms with Crippen LogP contribution in [0, 0.1) is 25.7 Å². The molecule has 8 heteroatoms. The fraction of sp³-hybridized carbons (Fsp3) is 0.500. The minimum Gasteiger partial charge on any atom is -0.550 e. The summed E-state index contributed by atoms with van der Waals surface area (Å²) in [6.07, 6.45) is 4.25. The highest BCUT2D eigenvalue weighted by Crippen LogP contribution is 2.28. The van der Waals surface area contributed by atoms with E-state index in [4.69, 9.17) is 0 Å². The highest BCUT2D eigenvalue weighted by Gasteiger charge is 2.36. The van der Waals surface area contributed by atoms with Gasteiger partial charge in [-0.05, 0) is 43.9 Å². The summed E-state index contributed by atoms with van der Waals surface area (Å²) >= 11 is 0. The van der Waals surface area contributed by atoms with Gasteiger partial charge in [0.15, 0.2) is 0 Å². The van der Waals surface area contributed by atoms with Crippen LogP contribution in [-0.4, -0.2) is 55.7 Å². The van der Waals surface area contributed by atoms with Gasteiger partial charge in [0.25, 0.3) is 0 Å². The minimum absolute atomic E-state index is 0.194. The molecule has 3 rings (SSSR count). The Balaban J connectivity index is 1.70. The van der Waals surface area contributed by atoms with Gasteiger partial charge in [0.2, 0.25) is 15.9 Å². The lowest BCUT2D eigenvalue weighted by atomic mass is 9.82. The van der Waals surface area contributed by atoms with Gasteiger partial charge in [-0.25, -0.2) is 8.42 Å². The molecule has 1 amide bonds. The van der Waals surface area contributed by atoms with E-state index in [1.807, 2.05) is 19.1 Å². The second-order valence-corrected chi connectivity index (χ2v) is 9.38. The van der Waals surface area contributed by atoms with Crippen molar-refractivity contribution in [3.63, 3.8) is 0 Å². The lowest BCUT2D eigenvalue weighted by molar-refractivity contribution is -0.313. The van der Waals surface area contributed by atoms with Crippen molar-refractivity contribution in [2.45, 2.75) is 31.6 Å². The summed E-state index contributed by atoms with van der Waals surface area (Å²) in [7, 11) is -3.63. The number of allylic oxidation sites excluding steroid dienone is 2. The van der Waals surface area contributed by atoms with Crippen LogP contribution in [-0.2, 0) is 19.6 Å². The van der Waals surface area contributed by atoms with Gasteiger partial charge in [-0.3, -0.25) is 4.79 Å². The second-order valence-electron chi connectivity index (χ2n) is 7.47. The average molecular weight is 405 g/mol. The first-order chi connectivity index (χ1) is 13.2. The monoisotopic (exact) mass is 405 g/mol. The molecule has 1 aromatic carbocycles. The molecular weight excluding hydrogens is 380 g/mol. The van der Waals surface area contributed by atoms with Crippen LogP contribution in [0.15, 0.2) is 35.2 Å². The molecule has 0 unspecified atom stereocenters. The zero-order chi connectivity index (χ0) is 20.5. The Morgan fingerprint density at radius 1 is 1.00 bits per heavy atom. The fourth-order valence-corrected chi connectivity index (χ4v) is 5.59. The van der Waals surface area contributed by atoms with Gasteiger partial charge in [0.1, 0.15) is 0 Å². The van der Waals surface area contributed by atoms with E-state index in [0.717, 1.165) is 5.56 Å². The molecule has 152 valence electrons. The maximum absolute atomic E-state index is 13.0. The number of hydrogen-bond donors (Lipinski definition) is 0. The predicted octanol–water partition coefficient (Wildman–Crippen LogP) is 0.469. The number of aliphatic carboxylic acids is 1. The maximum Gasteiger partial charge on any atom is 0.243 e. The Morgan fingerprint density at radius 2 is 1.61 bits per heavy atom. The van der Waals surface area contributed by atoms with E-state index in [9.17, 15) is 23.1 Å². The topological polar surface area (TPSA) is 97.8 Å². The largest absolute Gasteiger partial charge is 0.550 e. The first-order valence-corrected chi connectivity index (χ1v) is 10.9. The molecule has 2 aliphatic rings. The minimum atomic E-state index is -3.63. The van der Waals surface area contributed by atoms with E-state index in [0.29, 0.717) is 23.3 Å². The number of nitrogens with zero attached hydrogens (tertiary/aromatic N) is 2. The number of rotatable bonds is 4. The Labute approximate surface area is 165 Å². The first kappa shape index (κ1) is 20.5. The van der Waals surface area contributed by atoms with Gasteiger partial charge < -0.3 is 14.8 Å². The van der Waals surface area contributed by atoms with Crippen molar-refractivity contribution >= 4 is 21.9 Å². The van der Waals surface area contributed by atoms with Gasteiger partial charge in [-0.1, -0.05) is 24.3 Å². The SMILES string of the molecule is Cc1ccc(C)c(S(=O)(=O)N2CCN(C(=O)[C@H]3CC=CC[C@@H]3C(=O)[O-])CC2)c1. The predicted molar refractivity (Wildman–Crippen MR) is 102 cm³/mol. The fourth-order valence-electron chi connectivity index (χ4n) is 3.86. The van der Waals surface area contributed by atoms with Crippen molar-refractivity contribution in [1.29, 1.82) is 0 Å². The van der Waals surface area contributed by atoms with Gasteiger partial charge in [0, 0.05) is 44.0 Å². The number of aryl methyl sites for hydroxylation is 2. The number of carbonyl (C=O) groups excluding carboxylic acids is 2. The molecule has 1 aliphatic carbocycles. The lowest BCUT2D eigenvalue weighted by Crippen LogP contribution is -2.53. The first-order valence-electron chi connectivity index (χ1n) is 9.44. The van der Waals surface area contributed by atoms with Gasteiger partial charge in [-0.2, -0.15) is 4.31 Å². The van der Waals surface area contributed by atoms with E-state index in [1.165, 1.54) is 4.31 Å².